The molecule has 0 amide bonds. The molecule has 1 heterocycles. The Labute approximate surface area is 64.5 Å². The molecule has 0 atom stereocenters. The number of rotatable bonds is 2. The number of nitrogens with one attached hydrogen (secondary N) is 1. The Morgan fingerprint density at radius 3 is 3.00 bits per heavy atom. The van der Waals surface area contributed by atoms with Crippen molar-refractivity contribution in [2.75, 3.05) is 7.11 Å². The average molecular weight is 151 g/mol. The molecular formula is C7H9N3O. The summed E-state index contributed by atoms with van der Waals surface area (Å²) in [5.74, 6) is 0.606. The predicted octanol–water partition coefficient (Wildman–Crippen LogP) is 0.374. The van der Waals surface area contributed by atoms with Crippen LogP contribution in [-0.2, 0) is 0 Å². The van der Waals surface area contributed by atoms with Gasteiger partial charge >= 0.3 is 0 Å². The third-order valence-corrected chi connectivity index (χ3v) is 1.24. The molecule has 1 aromatic heterocycles. The topological polar surface area (TPSA) is 72.0 Å². The molecule has 1 rings (SSSR count). The maximum atomic E-state index is 7.07. The molecule has 0 unspecified atom stereocenters. The van der Waals surface area contributed by atoms with E-state index in [2.05, 4.69) is 4.98 Å². The summed E-state index contributed by atoms with van der Waals surface area (Å²) in [6.45, 7) is 0. The standard InChI is InChI=1S/C7H9N3O/c1-11-5-2-3-10-6(4-5)7(8)9/h2-4H,1H3,(H3,8,9). The molecule has 0 bridgehead atoms. The second-order valence-corrected chi connectivity index (χ2v) is 1.99. The number of hydrogen-bond donors (Lipinski definition) is 2. The van der Waals surface area contributed by atoms with Gasteiger partial charge in [-0.15, -0.1) is 0 Å². The first kappa shape index (κ1) is 7.53. The molecule has 0 aliphatic carbocycles. The number of nitrogen functional groups attached to an aromatic ring is 1. The summed E-state index contributed by atoms with van der Waals surface area (Å²) >= 11 is 0. The molecule has 0 aliphatic rings. The zero-order chi connectivity index (χ0) is 8.27. The minimum absolute atomic E-state index is 0.0519. The molecule has 1 aromatic rings. The second kappa shape index (κ2) is 3.01. The van der Waals surface area contributed by atoms with Gasteiger partial charge in [0.25, 0.3) is 0 Å². The molecule has 0 spiro atoms. The van der Waals surface area contributed by atoms with Crippen molar-refractivity contribution in [1.82, 2.24) is 4.98 Å². The monoisotopic (exact) mass is 151 g/mol. The third-order valence-electron chi connectivity index (χ3n) is 1.24. The molecule has 4 nitrogen and oxygen atoms in total. The quantitative estimate of drug-likeness (QED) is 0.474. The summed E-state index contributed by atoms with van der Waals surface area (Å²) in [5, 5.41) is 7.07. The number of hydrogen-bond acceptors (Lipinski definition) is 3. The van der Waals surface area contributed by atoms with Gasteiger partial charge in [-0.05, 0) is 6.07 Å². The lowest BCUT2D eigenvalue weighted by Gasteiger charge is -2.00. The van der Waals surface area contributed by atoms with Crippen LogP contribution in [0.3, 0.4) is 0 Å². The lowest BCUT2D eigenvalue weighted by atomic mass is 10.3. The van der Waals surface area contributed by atoms with E-state index < -0.39 is 0 Å². The number of nitrogens with two attached hydrogens (primary N) is 1. The second-order valence-electron chi connectivity index (χ2n) is 1.99. The first-order valence-corrected chi connectivity index (χ1v) is 3.08. The summed E-state index contributed by atoms with van der Waals surface area (Å²) < 4.78 is 4.91. The van der Waals surface area contributed by atoms with Gasteiger partial charge < -0.3 is 10.5 Å². The van der Waals surface area contributed by atoms with Gasteiger partial charge in [-0.2, -0.15) is 0 Å². The fraction of sp³-hybridized carbons (Fsp3) is 0.143. The fourth-order valence-corrected chi connectivity index (χ4v) is 0.685. The highest BCUT2D eigenvalue weighted by Gasteiger charge is 1.98. The van der Waals surface area contributed by atoms with Gasteiger partial charge in [-0.25, -0.2) is 0 Å². The number of amidine groups is 1. The number of nitrogens with zero attached hydrogens (tertiary/aromatic N) is 1. The van der Waals surface area contributed by atoms with Crippen LogP contribution in [0.5, 0.6) is 5.75 Å². The van der Waals surface area contributed by atoms with Crippen LogP contribution in [0.15, 0.2) is 18.3 Å². The largest absolute Gasteiger partial charge is 0.497 e. The average Bonchev–Trinajstić information content (AvgIpc) is 2.05. The van der Waals surface area contributed by atoms with Crippen molar-refractivity contribution in [3.05, 3.63) is 24.0 Å². The molecule has 0 fully saturated rings. The maximum absolute atomic E-state index is 7.07. The molecule has 0 saturated carbocycles. The van der Waals surface area contributed by atoms with Gasteiger partial charge in [0.1, 0.15) is 17.3 Å². The SMILES string of the molecule is COc1ccnc(C(=N)N)c1. The Kier molecular flexibility index (Phi) is 2.06. The van der Waals surface area contributed by atoms with Crippen LogP contribution in [0, 0.1) is 5.41 Å². The third kappa shape index (κ3) is 1.67. The molecule has 0 radical (unpaired) electrons. The van der Waals surface area contributed by atoms with Crippen molar-refractivity contribution in [3.63, 3.8) is 0 Å². The number of pyridine rings is 1. The first-order chi connectivity index (χ1) is 5.24. The van der Waals surface area contributed by atoms with E-state index in [1.165, 1.54) is 0 Å². The Morgan fingerprint density at radius 1 is 1.73 bits per heavy atom. The van der Waals surface area contributed by atoms with Crippen LogP contribution >= 0.6 is 0 Å². The van der Waals surface area contributed by atoms with E-state index >= 15 is 0 Å². The van der Waals surface area contributed by atoms with Crippen LogP contribution in [0.25, 0.3) is 0 Å². The van der Waals surface area contributed by atoms with Crippen molar-refractivity contribution in [1.29, 1.82) is 5.41 Å². The van der Waals surface area contributed by atoms with Crippen molar-refractivity contribution in [2.24, 2.45) is 5.73 Å². The Balaban J connectivity index is 3.01. The Morgan fingerprint density at radius 2 is 2.45 bits per heavy atom. The highest BCUT2D eigenvalue weighted by molar-refractivity contribution is 5.93. The summed E-state index contributed by atoms with van der Waals surface area (Å²) in [6, 6.07) is 3.31. The van der Waals surface area contributed by atoms with Gasteiger partial charge in [-0.3, -0.25) is 10.4 Å². The Hall–Kier alpha value is -1.58. The van der Waals surface area contributed by atoms with Crippen molar-refractivity contribution in [3.8, 4) is 5.75 Å². The van der Waals surface area contributed by atoms with E-state index in [1.807, 2.05) is 0 Å². The lowest BCUT2D eigenvalue weighted by molar-refractivity contribution is 0.414. The van der Waals surface area contributed by atoms with Crippen molar-refractivity contribution >= 4 is 5.84 Å². The van der Waals surface area contributed by atoms with Crippen LogP contribution in [0.1, 0.15) is 5.69 Å². The van der Waals surface area contributed by atoms with Crippen LogP contribution in [0.2, 0.25) is 0 Å². The molecule has 0 aromatic carbocycles. The van der Waals surface area contributed by atoms with Crippen LogP contribution in [-0.4, -0.2) is 17.9 Å². The summed E-state index contributed by atoms with van der Waals surface area (Å²) in [5.41, 5.74) is 5.64. The smallest absolute Gasteiger partial charge is 0.141 e. The van der Waals surface area contributed by atoms with E-state index in [0.717, 1.165) is 0 Å². The van der Waals surface area contributed by atoms with Gasteiger partial charge in [0.2, 0.25) is 0 Å². The zero-order valence-corrected chi connectivity index (χ0v) is 6.16. The van der Waals surface area contributed by atoms with Gasteiger partial charge in [0, 0.05) is 12.3 Å². The predicted molar refractivity (Wildman–Crippen MR) is 41.8 cm³/mol. The first-order valence-electron chi connectivity index (χ1n) is 3.08. The zero-order valence-electron chi connectivity index (χ0n) is 6.16. The molecule has 4 heteroatoms. The van der Waals surface area contributed by atoms with E-state index in [0.29, 0.717) is 11.4 Å². The van der Waals surface area contributed by atoms with Crippen LogP contribution < -0.4 is 10.5 Å². The number of aromatic nitrogens is 1. The minimum Gasteiger partial charge on any atom is -0.497 e. The highest BCUT2D eigenvalue weighted by atomic mass is 16.5. The molecule has 0 aliphatic heterocycles. The normalized spacial score (nSPS) is 9.18. The van der Waals surface area contributed by atoms with Gasteiger partial charge in [-0.1, -0.05) is 0 Å². The van der Waals surface area contributed by atoms with E-state index in [1.54, 1.807) is 25.4 Å². The molecular weight excluding hydrogens is 142 g/mol. The Bertz CT molecular complexity index is 272. The van der Waals surface area contributed by atoms with Crippen LogP contribution in [0.4, 0.5) is 0 Å². The van der Waals surface area contributed by atoms with Crippen molar-refractivity contribution < 1.29 is 4.74 Å². The van der Waals surface area contributed by atoms with Gasteiger partial charge in [0.05, 0.1) is 7.11 Å². The molecule has 0 saturated heterocycles. The summed E-state index contributed by atoms with van der Waals surface area (Å²) in [7, 11) is 1.55. The summed E-state index contributed by atoms with van der Waals surface area (Å²) in [6.07, 6.45) is 1.55. The maximum Gasteiger partial charge on any atom is 0.141 e. The van der Waals surface area contributed by atoms with E-state index in [4.69, 9.17) is 15.9 Å². The van der Waals surface area contributed by atoms with E-state index in [-0.39, 0.29) is 5.84 Å². The van der Waals surface area contributed by atoms with Gasteiger partial charge in [0.15, 0.2) is 0 Å². The summed E-state index contributed by atoms with van der Waals surface area (Å²) in [4.78, 5) is 3.86. The lowest BCUT2D eigenvalue weighted by Crippen LogP contribution is -2.12. The minimum atomic E-state index is -0.0519. The molecule has 58 valence electrons. The number of methoxy groups -OCH3 is 1. The number of ether oxygens (including phenoxy) is 1. The highest BCUT2D eigenvalue weighted by Crippen LogP contribution is 2.08. The van der Waals surface area contributed by atoms with Crippen molar-refractivity contribution in [2.45, 2.75) is 0 Å². The molecule has 3 N–H and O–H groups in total. The fourth-order valence-electron chi connectivity index (χ4n) is 0.685. The molecule has 11 heavy (non-hydrogen) atoms. The van der Waals surface area contributed by atoms with E-state index in [9.17, 15) is 0 Å².